The highest BCUT2D eigenvalue weighted by atomic mass is 28.4. The van der Waals surface area contributed by atoms with Crippen LogP contribution in [0.15, 0.2) is 30.3 Å². The van der Waals surface area contributed by atoms with Crippen LogP contribution in [-0.2, 0) is 20.4 Å². The van der Waals surface area contributed by atoms with E-state index in [1.807, 2.05) is 30.3 Å². The standard InChI is InChI=1S/C21H36N2O4Si/c1-20(2,3)26-19(25)23-18(24)17(27-28(7,8)21(4,5)6)16(22)14-15-12-10-9-11-13-15/h9-13,16-17H,14,22H2,1-8H3,(H,23,24,25)/t16-,17+/m1/s1. The molecule has 6 nitrogen and oxygen atoms in total. The van der Waals surface area contributed by atoms with Crippen molar-refractivity contribution in [2.75, 3.05) is 0 Å². The first-order valence-corrected chi connectivity index (χ1v) is 12.5. The van der Waals surface area contributed by atoms with Gasteiger partial charge in [-0.15, -0.1) is 0 Å². The lowest BCUT2D eigenvalue weighted by molar-refractivity contribution is -0.129. The van der Waals surface area contributed by atoms with E-state index in [0.717, 1.165) is 5.56 Å². The number of hydrogen-bond acceptors (Lipinski definition) is 5. The molecular formula is C21H36N2O4Si. The molecule has 28 heavy (non-hydrogen) atoms. The molecule has 2 amide bonds. The van der Waals surface area contributed by atoms with Gasteiger partial charge in [-0.05, 0) is 50.9 Å². The average molecular weight is 409 g/mol. The number of nitrogens with two attached hydrogens (primary N) is 1. The molecule has 0 fully saturated rings. The Morgan fingerprint density at radius 3 is 2.07 bits per heavy atom. The lowest BCUT2D eigenvalue weighted by Gasteiger charge is -2.40. The second kappa shape index (κ2) is 9.20. The molecule has 1 aromatic carbocycles. The summed E-state index contributed by atoms with van der Waals surface area (Å²) >= 11 is 0. The van der Waals surface area contributed by atoms with Gasteiger partial charge in [0.2, 0.25) is 0 Å². The Kier molecular flexibility index (Phi) is 7.99. The number of benzene rings is 1. The van der Waals surface area contributed by atoms with Gasteiger partial charge in [-0.25, -0.2) is 4.79 Å². The molecule has 0 saturated heterocycles. The highest BCUT2D eigenvalue weighted by molar-refractivity contribution is 6.74. The van der Waals surface area contributed by atoms with Crippen molar-refractivity contribution in [3.63, 3.8) is 0 Å². The molecule has 0 spiro atoms. The number of nitrogens with one attached hydrogen (secondary N) is 1. The number of amides is 2. The monoisotopic (exact) mass is 408 g/mol. The molecule has 0 heterocycles. The zero-order chi connectivity index (χ0) is 21.8. The Labute approximate surface area is 170 Å². The number of imide groups is 1. The van der Waals surface area contributed by atoms with Crippen molar-refractivity contribution in [2.45, 2.75) is 83.8 Å². The summed E-state index contributed by atoms with van der Waals surface area (Å²) < 4.78 is 11.5. The van der Waals surface area contributed by atoms with Gasteiger partial charge in [0, 0.05) is 6.04 Å². The van der Waals surface area contributed by atoms with Gasteiger partial charge in [0.1, 0.15) is 11.7 Å². The topological polar surface area (TPSA) is 90.6 Å². The highest BCUT2D eigenvalue weighted by Crippen LogP contribution is 2.37. The summed E-state index contributed by atoms with van der Waals surface area (Å²) in [6, 6.07) is 9.08. The Morgan fingerprint density at radius 1 is 1.07 bits per heavy atom. The van der Waals surface area contributed by atoms with Gasteiger partial charge >= 0.3 is 6.09 Å². The number of rotatable bonds is 6. The molecule has 7 heteroatoms. The van der Waals surface area contributed by atoms with Crippen LogP contribution in [0.5, 0.6) is 0 Å². The molecule has 3 N–H and O–H groups in total. The first-order valence-electron chi connectivity index (χ1n) is 9.63. The molecule has 0 aliphatic rings. The maximum atomic E-state index is 12.9. The van der Waals surface area contributed by atoms with Crippen LogP contribution in [0.3, 0.4) is 0 Å². The van der Waals surface area contributed by atoms with E-state index in [1.165, 1.54) is 0 Å². The van der Waals surface area contributed by atoms with Crippen molar-refractivity contribution < 1.29 is 18.8 Å². The maximum Gasteiger partial charge on any atom is 0.414 e. The first-order chi connectivity index (χ1) is 12.6. The van der Waals surface area contributed by atoms with Crippen molar-refractivity contribution in [3.8, 4) is 0 Å². The van der Waals surface area contributed by atoms with Crippen LogP contribution in [0, 0.1) is 0 Å². The van der Waals surface area contributed by atoms with E-state index in [-0.39, 0.29) is 5.04 Å². The van der Waals surface area contributed by atoms with E-state index in [9.17, 15) is 9.59 Å². The molecule has 158 valence electrons. The summed E-state index contributed by atoms with van der Waals surface area (Å²) in [7, 11) is -2.30. The summed E-state index contributed by atoms with van der Waals surface area (Å²) in [6.45, 7) is 15.6. The Bertz CT molecular complexity index is 663. The van der Waals surface area contributed by atoms with Crippen LogP contribution in [0.1, 0.15) is 47.1 Å². The molecule has 0 radical (unpaired) electrons. The van der Waals surface area contributed by atoms with E-state index >= 15 is 0 Å². The molecule has 0 aliphatic heterocycles. The minimum atomic E-state index is -2.30. The largest absolute Gasteiger partial charge is 0.444 e. The van der Waals surface area contributed by atoms with E-state index in [4.69, 9.17) is 14.9 Å². The van der Waals surface area contributed by atoms with Gasteiger partial charge < -0.3 is 14.9 Å². The fourth-order valence-corrected chi connectivity index (χ4v) is 3.57. The van der Waals surface area contributed by atoms with Crippen LogP contribution < -0.4 is 11.1 Å². The van der Waals surface area contributed by atoms with Gasteiger partial charge in [-0.1, -0.05) is 51.1 Å². The van der Waals surface area contributed by atoms with Crippen LogP contribution in [0.2, 0.25) is 18.1 Å². The molecule has 2 atom stereocenters. The molecule has 0 aliphatic carbocycles. The lowest BCUT2D eigenvalue weighted by Crippen LogP contribution is -2.56. The third-order valence-electron chi connectivity index (χ3n) is 4.81. The third-order valence-corrected chi connectivity index (χ3v) is 9.27. The maximum absolute atomic E-state index is 12.9. The Morgan fingerprint density at radius 2 is 1.61 bits per heavy atom. The van der Waals surface area contributed by atoms with Crippen LogP contribution >= 0.6 is 0 Å². The number of alkyl carbamates (subject to hydrolysis) is 1. The normalized spacial score (nSPS) is 14.9. The second-order valence-corrected chi connectivity index (χ2v) is 14.4. The Hall–Kier alpha value is -1.70. The van der Waals surface area contributed by atoms with E-state index < -0.39 is 38.1 Å². The molecule has 0 unspecified atom stereocenters. The molecule has 0 bridgehead atoms. The summed E-state index contributed by atoms with van der Waals surface area (Å²) in [5.41, 5.74) is 6.69. The summed E-state index contributed by atoms with van der Waals surface area (Å²) in [6.07, 6.45) is -1.29. The van der Waals surface area contributed by atoms with Gasteiger partial charge in [0.05, 0.1) is 0 Å². The summed E-state index contributed by atoms with van der Waals surface area (Å²) in [5, 5.41) is 2.19. The van der Waals surface area contributed by atoms with E-state index in [2.05, 4.69) is 39.2 Å². The minimum Gasteiger partial charge on any atom is -0.444 e. The van der Waals surface area contributed by atoms with Crippen LogP contribution in [0.25, 0.3) is 0 Å². The van der Waals surface area contributed by atoms with Gasteiger partial charge in [0.15, 0.2) is 8.32 Å². The van der Waals surface area contributed by atoms with E-state index in [0.29, 0.717) is 6.42 Å². The third kappa shape index (κ3) is 7.73. The Balaban J connectivity index is 3.02. The van der Waals surface area contributed by atoms with Gasteiger partial charge in [0.25, 0.3) is 5.91 Å². The second-order valence-electron chi connectivity index (χ2n) is 9.64. The van der Waals surface area contributed by atoms with E-state index in [1.54, 1.807) is 20.8 Å². The van der Waals surface area contributed by atoms with Crippen LogP contribution in [-0.4, -0.2) is 38.1 Å². The van der Waals surface area contributed by atoms with Crippen molar-refractivity contribution in [2.24, 2.45) is 5.73 Å². The minimum absolute atomic E-state index is 0.107. The fourth-order valence-electron chi connectivity index (χ4n) is 2.30. The number of ether oxygens (including phenoxy) is 1. The van der Waals surface area contributed by atoms with Crippen molar-refractivity contribution in [1.29, 1.82) is 0 Å². The van der Waals surface area contributed by atoms with Crippen molar-refractivity contribution >= 4 is 20.3 Å². The van der Waals surface area contributed by atoms with Crippen LogP contribution in [0.4, 0.5) is 4.79 Å². The van der Waals surface area contributed by atoms with Gasteiger partial charge in [-0.3, -0.25) is 10.1 Å². The zero-order valence-corrected chi connectivity index (χ0v) is 19.5. The predicted octanol–water partition coefficient (Wildman–Crippen LogP) is 4.00. The van der Waals surface area contributed by atoms with Gasteiger partial charge in [-0.2, -0.15) is 0 Å². The number of carbonyl (C=O) groups is 2. The van der Waals surface area contributed by atoms with Crippen molar-refractivity contribution in [3.05, 3.63) is 35.9 Å². The first kappa shape index (κ1) is 24.3. The number of carbonyl (C=O) groups excluding carboxylic acids is 2. The number of hydrogen-bond donors (Lipinski definition) is 2. The smallest absolute Gasteiger partial charge is 0.414 e. The summed E-state index contributed by atoms with van der Waals surface area (Å²) in [5.74, 6) is -0.567. The predicted molar refractivity (Wildman–Crippen MR) is 115 cm³/mol. The quantitative estimate of drug-likeness (QED) is 0.694. The SMILES string of the molecule is CC(C)(C)OC(=O)NC(=O)[C@@H](O[Si](C)(C)C(C)(C)C)[C@H](N)Cc1ccccc1. The molecule has 1 rings (SSSR count). The molecular weight excluding hydrogens is 372 g/mol. The molecule has 0 saturated carbocycles. The average Bonchev–Trinajstić information content (AvgIpc) is 2.50. The highest BCUT2D eigenvalue weighted by Gasteiger charge is 2.42. The molecule has 1 aromatic rings. The molecule has 0 aromatic heterocycles. The lowest BCUT2D eigenvalue weighted by atomic mass is 10.0. The summed E-state index contributed by atoms with van der Waals surface area (Å²) in [4.78, 5) is 25.0. The zero-order valence-electron chi connectivity index (χ0n) is 18.5. The van der Waals surface area contributed by atoms with Crippen molar-refractivity contribution in [1.82, 2.24) is 5.32 Å². The fraction of sp³-hybridized carbons (Fsp3) is 0.619.